The summed E-state index contributed by atoms with van der Waals surface area (Å²) >= 11 is 0. The van der Waals surface area contributed by atoms with Gasteiger partial charge in [-0.3, -0.25) is 4.79 Å². The van der Waals surface area contributed by atoms with Gasteiger partial charge in [-0.25, -0.2) is 13.1 Å². The number of ether oxygens (including phenoxy) is 1. The summed E-state index contributed by atoms with van der Waals surface area (Å²) in [5.74, 6) is -0.259. The SMILES string of the molecule is COC[C@@H](C)NS(=O)(=O)c1ccc(C(=O)N[C@@H](CN(C)C)c2ccccc2)cc1. The maximum atomic E-state index is 12.7. The smallest absolute Gasteiger partial charge is 0.251 e. The summed E-state index contributed by atoms with van der Waals surface area (Å²) in [7, 11) is 1.72. The van der Waals surface area contributed by atoms with Crippen LogP contribution < -0.4 is 10.0 Å². The zero-order valence-corrected chi connectivity index (χ0v) is 18.1. The van der Waals surface area contributed by atoms with E-state index in [2.05, 4.69) is 10.0 Å². The number of methoxy groups -OCH3 is 1. The molecule has 158 valence electrons. The van der Waals surface area contributed by atoms with Crippen LogP contribution in [0.1, 0.15) is 28.9 Å². The van der Waals surface area contributed by atoms with Gasteiger partial charge in [0.1, 0.15) is 0 Å². The molecule has 0 radical (unpaired) electrons. The number of amides is 1. The average molecular weight is 420 g/mol. The van der Waals surface area contributed by atoms with Crippen LogP contribution in [0.3, 0.4) is 0 Å². The summed E-state index contributed by atoms with van der Waals surface area (Å²) < 4.78 is 32.3. The third-order valence-electron chi connectivity index (χ3n) is 4.25. The van der Waals surface area contributed by atoms with Crippen molar-refractivity contribution in [3.05, 3.63) is 65.7 Å². The van der Waals surface area contributed by atoms with Crippen LogP contribution in [0.25, 0.3) is 0 Å². The topological polar surface area (TPSA) is 87.7 Å². The van der Waals surface area contributed by atoms with Crippen molar-refractivity contribution in [1.82, 2.24) is 14.9 Å². The molecule has 0 unspecified atom stereocenters. The maximum Gasteiger partial charge on any atom is 0.251 e. The molecule has 0 aliphatic rings. The van der Waals surface area contributed by atoms with Crippen molar-refractivity contribution in [2.45, 2.75) is 23.9 Å². The lowest BCUT2D eigenvalue weighted by atomic mass is 10.1. The van der Waals surface area contributed by atoms with Crippen LogP contribution in [-0.4, -0.2) is 59.6 Å². The first-order chi connectivity index (χ1) is 13.7. The molecule has 0 aliphatic heterocycles. The number of likely N-dealkylation sites (N-methyl/N-ethyl adjacent to an activating group) is 1. The molecule has 0 fully saturated rings. The van der Waals surface area contributed by atoms with Crippen LogP contribution in [0.15, 0.2) is 59.5 Å². The fourth-order valence-corrected chi connectivity index (χ4v) is 4.16. The molecule has 7 nitrogen and oxygen atoms in total. The third kappa shape index (κ3) is 6.93. The van der Waals surface area contributed by atoms with E-state index < -0.39 is 10.0 Å². The van der Waals surface area contributed by atoms with Gasteiger partial charge in [-0.05, 0) is 50.8 Å². The Hall–Kier alpha value is -2.26. The van der Waals surface area contributed by atoms with Crippen molar-refractivity contribution < 1.29 is 17.9 Å². The second-order valence-corrected chi connectivity index (χ2v) is 8.92. The quantitative estimate of drug-likeness (QED) is 0.615. The van der Waals surface area contributed by atoms with Gasteiger partial charge in [0.25, 0.3) is 5.91 Å². The fraction of sp³-hybridized carbons (Fsp3) is 0.381. The third-order valence-corrected chi connectivity index (χ3v) is 5.86. The number of carbonyl (C=O) groups excluding carboxylic acids is 1. The van der Waals surface area contributed by atoms with Crippen molar-refractivity contribution in [2.24, 2.45) is 0 Å². The lowest BCUT2D eigenvalue weighted by Gasteiger charge is -2.23. The summed E-state index contributed by atoms with van der Waals surface area (Å²) in [6.45, 7) is 2.63. The Morgan fingerprint density at radius 2 is 1.69 bits per heavy atom. The molecule has 2 rings (SSSR count). The van der Waals surface area contributed by atoms with Crippen molar-refractivity contribution in [1.29, 1.82) is 0 Å². The summed E-state index contributed by atoms with van der Waals surface area (Å²) in [6, 6.07) is 15.1. The van der Waals surface area contributed by atoms with Crippen LogP contribution in [0.2, 0.25) is 0 Å². The molecule has 8 heteroatoms. The number of rotatable bonds is 10. The highest BCUT2D eigenvalue weighted by atomic mass is 32.2. The Morgan fingerprint density at radius 1 is 1.07 bits per heavy atom. The van der Waals surface area contributed by atoms with Gasteiger partial charge in [-0.2, -0.15) is 0 Å². The molecule has 2 aromatic carbocycles. The molecule has 0 heterocycles. The molecule has 0 aromatic heterocycles. The number of hydrogen-bond donors (Lipinski definition) is 2. The monoisotopic (exact) mass is 419 g/mol. The summed E-state index contributed by atoms with van der Waals surface area (Å²) in [4.78, 5) is 14.8. The van der Waals surface area contributed by atoms with Gasteiger partial charge in [-0.1, -0.05) is 30.3 Å². The summed E-state index contributed by atoms with van der Waals surface area (Å²) in [5.41, 5.74) is 1.40. The molecule has 0 aliphatic carbocycles. The number of sulfonamides is 1. The highest BCUT2D eigenvalue weighted by Gasteiger charge is 2.19. The Bertz CT molecular complexity index is 884. The van der Waals surface area contributed by atoms with E-state index in [4.69, 9.17) is 4.74 Å². The van der Waals surface area contributed by atoms with Crippen molar-refractivity contribution >= 4 is 15.9 Å². The van der Waals surface area contributed by atoms with E-state index in [0.29, 0.717) is 12.1 Å². The van der Waals surface area contributed by atoms with Crippen LogP contribution in [0, 0.1) is 0 Å². The summed E-state index contributed by atoms with van der Waals surface area (Å²) in [5, 5.41) is 3.03. The molecule has 0 saturated heterocycles. The normalized spacial score (nSPS) is 13.8. The zero-order chi connectivity index (χ0) is 21.4. The number of nitrogens with one attached hydrogen (secondary N) is 2. The second kappa shape index (κ2) is 10.5. The number of nitrogens with zero attached hydrogens (tertiary/aromatic N) is 1. The standard InChI is InChI=1S/C21H29N3O4S/c1-16(15-28-4)23-29(26,27)19-12-10-18(11-13-19)21(25)22-20(14-24(2)3)17-8-6-5-7-9-17/h5-13,16,20,23H,14-15H2,1-4H3,(H,22,25)/t16-,20+/m1/s1. The molecule has 29 heavy (non-hydrogen) atoms. The van der Waals surface area contributed by atoms with Crippen LogP contribution >= 0.6 is 0 Å². The minimum Gasteiger partial charge on any atom is -0.383 e. The molecular formula is C21H29N3O4S. The van der Waals surface area contributed by atoms with Gasteiger partial charge in [0.15, 0.2) is 0 Å². The van der Waals surface area contributed by atoms with Gasteiger partial charge in [0.05, 0.1) is 17.5 Å². The minimum atomic E-state index is -3.67. The predicted octanol–water partition coefficient (Wildman–Crippen LogP) is 2.03. The van der Waals surface area contributed by atoms with E-state index in [1.807, 2.05) is 49.3 Å². The molecular weight excluding hydrogens is 390 g/mol. The minimum absolute atomic E-state index is 0.102. The zero-order valence-electron chi connectivity index (χ0n) is 17.3. The van der Waals surface area contributed by atoms with Gasteiger partial charge >= 0.3 is 0 Å². The first-order valence-electron chi connectivity index (χ1n) is 9.35. The molecule has 0 saturated carbocycles. The predicted molar refractivity (Wildman–Crippen MR) is 113 cm³/mol. The molecule has 2 N–H and O–H groups in total. The highest BCUT2D eigenvalue weighted by molar-refractivity contribution is 7.89. The van der Waals surface area contributed by atoms with E-state index in [-0.39, 0.29) is 29.5 Å². The maximum absolute atomic E-state index is 12.7. The van der Waals surface area contributed by atoms with Gasteiger partial charge < -0.3 is 15.0 Å². The number of hydrogen-bond acceptors (Lipinski definition) is 5. The lowest BCUT2D eigenvalue weighted by molar-refractivity contribution is 0.0930. The molecule has 0 bridgehead atoms. The molecule has 2 aromatic rings. The highest BCUT2D eigenvalue weighted by Crippen LogP contribution is 2.16. The first-order valence-corrected chi connectivity index (χ1v) is 10.8. The van der Waals surface area contributed by atoms with Gasteiger partial charge in [0, 0.05) is 25.3 Å². The number of carbonyl (C=O) groups is 1. The van der Waals surface area contributed by atoms with Gasteiger partial charge in [-0.15, -0.1) is 0 Å². The first kappa shape index (κ1) is 23.0. The van der Waals surface area contributed by atoms with Crippen LogP contribution in [0.5, 0.6) is 0 Å². The van der Waals surface area contributed by atoms with E-state index in [1.54, 1.807) is 6.92 Å². The molecule has 1 amide bonds. The van der Waals surface area contributed by atoms with E-state index in [0.717, 1.165) is 5.56 Å². The summed E-state index contributed by atoms with van der Waals surface area (Å²) in [6.07, 6.45) is 0. The number of benzene rings is 2. The van der Waals surface area contributed by atoms with E-state index >= 15 is 0 Å². The van der Waals surface area contributed by atoms with Crippen molar-refractivity contribution in [2.75, 3.05) is 34.4 Å². The Labute approximate surface area is 173 Å². The molecule has 2 atom stereocenters. The van der Waals surface area contributed by atoms with Crippen LogP contribution in [0.4, 0.5) is 0 Å². The Balaban J connectivity index is 2.12. The average Bonchev–Trinajstić information content (AvgIpc) is 2.67. The van der Waals surface area contributed by atoms with Crippen LogP contribution in [-0.2, 0) is 14.8 Å². The van der Waals surface area contributed by atoms with Gasteiger partial charge in [0.2, 0.25) is 10.0 Å². The fourth-order valence-electron chi connectivity index (χ4n) is 2.93. The van der Waals surface area contributed by atoms with E-state index in [1.165, 1.54) is 31.4 Å². The Kier molecular flexibility index (Phi) is 8.33. The van der Waals surface area contributed by atoms with Crippen molar-refractivity contribution in [3.63, 3.8) is 0 Å². The van der Waals surface area contributed by atoms with Crippen molar-refractivity contribution in [3.8, 4) is 0 Å². The molecule has 0 spiro atoms. The largest absolute Gasteiger partial charge is 0.383 e. The Morgan fingerprint density at radius 3 is 2.24 bits per heavy atom. The second-order valence-electron chi connectivity index (χ2n) is 7.20. The lowest BCUT2D eigenvalue weighted by Crippen LogP contribution is -2.36. The van der Waals surface area contributed by atoms with E-state index in [9.17, 15) is 13.2 Å².